The Hall–Kier alpha value is -0.920. The van der Waals surface area contributed by atoms with Crippen LogP contribution in [0.5, 0.6) is 0 Å². The Labute approximate surface area is 140 Å². The number of benzene rings is 1. The molecule has 1 atom stereocenters. The zero-order chi connectivity index (χ0) is 16.2. The summed E-state index contributed by atoms with van der Waals surface area (Å²) in [5.74, 6) is -0.253. The van der Waals surface area contributed by atoms with Crippen LogP contribution in [0.25, 0.3) is 0 Å². The first-order valence-electron chi connectivity index (χ1n) is 7.46. The molecule has 1 saturated heterocycles. The maximum Gasteiger partial charge on any atom is 0.228 e. The minimum absolute atomic E-state index is 0.112. The average Bonchev–Trinajstić information content (AvgIpc) is 2.50. The lowest BCUT2D eigenvalue weighted by Crippen LogP contribution is -2.44. The highest BCUT2D eigenvalue weighted by Crippen LogP contribution is 2.22. The summed E-state index contributed by atoms with van der Waals surface area (Å²) in [6, 6.07) is 7.34. The topological polar surface area (TPSA) is 66.5 Å². The Kier molecular flexibility index (Phi) is 6.00. The maximum atomic E-state index is 12.3. The number of carbonyl (C=O) groups excluding carboxylic acids is 1. The smallest absolute Gasteiger partial charge is 0.228 e. The van der Waals surface area contributed by atoms with E-state index in [1.165, 1.54) is 4.31 Å². The summed E-state index contributed by atoms with van der Waals surface area (Å²) in [7, 11) is -3.23. The first-order valence-corrected chi connectivity index (χ1v) is 9.87. The van der Waals surface area contributed by atoms with E-state index in [1.807, 2.05) is 31.2 Å². The van der Waals surface area contributed by atoms with Gasteiger partial charge in [-0.3, -0.25) is 4.79 Å². The van der Waals surface area contributed by atoms with E-state index in [1.54, 1.807) is 0 Å². The Morgan fingerprint density at radius 2 is 2.05 bits per heavy atom. The van der Waals surface area contributed by atoms with E-state index in [-0.39, 0.29) is 24.1 Å². The normalized spacial score (nSPS) is 19.8. The molecule has 0 aliphatic carbocycles. The summed E-state index contributed by atoms with van der Waals surface area (Å²) in [5, 5.41) is 2.86. The molecule has 22 heavy (non-hydrogen) atoms. The fraction of sp³-hybridized carbons (Fsp3) is 0.533. The van der Waals surface area contributed by atoms with Gasteiger partial charge in [-0.1, -0.05) is 22.9 Å². The third-order valence-corrected chi connectivity index (χ3v) is 6.29. The molecule has 1 fully saturated rings. The molecule has 1 aliphatic heterocycles. The van der Waals surface area contributed by atoms with Crippen LogP contribution in [-0.2, 0) is 14.8 Å². The SMILES string of the molecule is CCCS(=O)(=O)N1CCC[C@@H](C(=O)Nc2ccc(Br)cc2)C1. The Morgan fingerprint density at radius 1 is 1.36 bits per heavy atom. The average molecular weight is 389 g/mol. The van der Waals surface area contributed by atoms with Crippen LogP contribution in [0.3, 0.4) is 0 Å². The predicted molar refractivity (Wildman–Crippen MR) is 91.1 cm³/mol. The van der Waals surface area contributed by atoms with Crippen molar-refractivity contribution in [1.82, 2.24) is 4.31 Å². The molecule has 7 heteroatoms. The predicted octanol–water partition coefficient (Wildman–Crippen LogP) is 2.84. The van der Waals surface area contributed by atoms with Crippen molar-refractivity contribution in [2.45, 2.75) is 26.2 Å². The van der Waals surface area contributed by atoms with Crippen LogP contribution >= 0.6 is 15.9 Å². The van der Waals surface area contributed by atoms with Crippen molar-refractivity contribution < 1.29 is 13.2 Å². The quantitative estimate of drug-likeness (QED) is 0.842. The molecule has 1 heterocycles. The van der Waals surface area contributed by atoms with Gasteiger partial charge in [-0.25, -0.2) is 12.7 Å². The lowest BCUT2D eigenvalue weighted by molar-refractivity contribution is -0.120. The number of anilines is 1. The number of carbonyl (C=O) groups is 1. The second-order valence-electron chi connectivity index (χ2n) is 5.51. The number of rotatable bonds is 5. The second kappa shape index (κ2) is 7.57. The van der Waals surface area contributed by atoms with E-state index < -0.39 is 10.0 Å². The maximum absolute atomic E-state index is 12.3. The van der Waals surface area contributed by atoms with E-state index >= 15 is 0 Å². The van der Waals surface area contributed by atoms with Crippen molar-refractivity contribution in [3.8, 4) is 0 Å². The number of hydrogen-bond donors (Lipinski definition) is 1. The molecule has 2 rings (SSSR count). The monoisotopic (exact) mass is 388 g/mol. The van der Waals surface area contributed by atoms with Crippen LogP contribution in [-0.4, -0.2) is 37.5 Å². The molecule has 1 aliphatic rings. The van der Waals surface area contributed by atoms with Crippen molar-refractivity contribution in [1.29, 1.82) is 0 Å². The highest BCUT2D eigenvalue weighted by Gasteiger charge is 2.31. The summed E-state index contributed by atoms with van der Waals surface area (Å²) in [6.45, 7) is 2.65. The van der Waals surface area contributed by atoms with E-state index in [2.05, 4.69) is 21.2 Å². The molecule has 0 unspecified atom stereocenters. The molecule has 0 spiro atoms. The molecular formula is C15H21BrN2O3S. The van der Waals surface area contributed by atoms with Gasteiger partial charge in [0, 0.05) is 23.2 Å². The molecule has 0 radical (unpaired) electrons. The van der Waals surface area contributed by atoms with Crippen LogP contribution in [0, 0.1) is 5.92 Å². The lowest BCUT2D eigenvalue weighted by atomic mass is 9.99. The van der Waals surface area contributed by atoms with Gasteiger partial charge in [-0.05, 0) is 43.5 Å². The number of nitrogens with zero attached hydrogens (tertiary/aromatic N) is 1. The first-order chi connectivity index (χ1) is 10.4. The van der Waals surface area contributed by atoms with Gasteiger partial charge in [0.25, 0.3) is 0 Å². The molecule has 5 nitrogen and oxygen atoms in total. The van der Waals surface area contributed by atoms with E-state index in [0.29, 0.717) is 13.0 Å². The van der Waals surface area contributed by atoms with Crippen LogP contribution < -0.4 is 5.32 Å². The highest BCUT2D eigenvalue weighted by atomic mass is 79.9. The first kappa shape index (κ1) is 17.4. The summed E-state index contributed by atoms with van der Waals surface area (Å²) in [4.78, 5) is 12.3. The molecule has 0 aromatic heterocycles. The van der Waals surface area contributed by atoms with Crippen LogP contribution in [0.15, 0.2) is 28.7 Å². The molecule has 1 aromatic carbocycles. The van der Waals surface area contributed by atoms with Crippen molar-refractivity contribution >= 4 is 37.5 Å². The van der Waals surface area contributed by atoms with Gasteiger partial charge in [0.05, 0.1) is 11.7 Å². The van der Waals surface area contributed by atoms with E-state index in [0.717, 1.165) is 23.0 Å². The van der Waals surface area contributed by atoms with Crippen molar-refractivity contribution in [2.24, 2.45) is 5.92 Å². The molecular weight excluding hydrogens is 368 g/mol. The van der Waals surface area contributed by atoms with Crippen LogP contribution in [0.1, 0.15) is 26.2 Å². The van der Waals surface area contributed by atoms with Crippen molar-refractivity contribution in [2.75, 3.05) is 24.2 Å². The number of piperidine rings is 1. The number of sulfonamides is 1. The Morgan fingerprint density at radius 3 is 2.68 bits per heavy atom. The summed E-state index contributed by atoms with van der Waals surface area (Å²) in [5.41, 5.74) is 0.724. The zero-order valence-electron chi connectivity index (χ0n) is 12.6. The molecule has 0 saturated carbocycles. The molecule has 1 aromatic rings. The molecule has 0 bridgehead atoms. The standard InChI is InChI=1S/C15H21BrN2O3S/c1-2-10-22(20,21)18-9-3-4-12(11-18)15(19)17-14-7-5-13(16)6-8-14/h5-8,12H,2-4,9-11H2,1H3,(H,17,19)/t12-/m1/s1. The molecule has 122 valence electrons. The van der Waals surface area contributed by atoms with Crippen molar-refractivity contribution in [3.05, 3.63) is 28.7 Å². The van der Waals surface area contributed by atoms with Crippen molar-refractivity contribution in [3.63, 3.8) is 0 Å². The summed E-state index contributed by atoms with van der Waals surface area (Å²) in [6.07, 6.45) is 2.04. The van der Waals surface area contributed by atoms with Gasteiger partial charge in [-0.15, -0.1) is 0 Å². The van der Waals surface area contributed by atoms with Gasteiger partial charge in [0.2, 0.25) is 15.9 Å². The van der Waals surface area contributed by atoms with Crippen LogP contribution in [0.2, 0.25) is 0 Å². The summed E-state index contributed by atoms with van der Waals surface area (Å²) >= 11 is 3.35. The third-order valence-electron chi connectivity index (χ3n) is 3.72. The fourth-order valence-corrected chi connectivity index (χ4v) is 4.43. The van der Waals surface area contributed by atoms with Gasteiger partial charge in [-0.2, -0.15) is 0 Å². The lowest BCUT2D eigenvalue weighted by Gasteiger charge is -2.31. The third kappa shape index (κ3) is 4.54. The minimum atomic E-state index is -3.23. The number of nitrogens with one attached hydrogen (secondary N) is 1. The fourth-order valence-electron chi connectivity index (χ4n) is 2.57. The highest BCUT2D eigenvalue weighted by molar-refractivity contribution is 9.10. The number of amides is 1. The largest absolute Gasteiger partial charge is 0.326 e. The van der Waals surface area contributed by atoms with Crippen LogP contribution in [0.4, 0.5) is 5.69 Å². The Bertz CT molecular complexity index is 616. The number of hydrogen-bond acceptors (Lipinski definition) is 3. The Balaban J connectivity index is 1.99. The summed E-state index contributed by atoms with van der Waals surface area (Å²) < 4.78 is 26.7. The van der Waals surface area contributed by atoms with E-state index in [4.69, 9.17) is 0 Å². The second-order valence-corrected chi connectivity index (χ2v) is 8.51. The van der Waals surface area contributed by atoms with Gasteiger partial charge in [0.1, 0.15) is 0 Å². The zero-order valence-corrected chi connectivity index (χ0v) is 15.0. The minimum Gasteiger partial charge on any atom is -0.326 e. The molecule has 1 N–H and O–H groups in total. The number of halogens is 1. The molecule has 1 amide bonds. The van der Waals surface area contributed by atoms with Gasteiger partial charge in [0.15, 0.2) is 0 Å². The van der Waals surface area contributed by atoms with E-state index in [9.17, 15) is 13.2 Å². The van der Waals surface area contributed by atoms with Gasteiger partial charge < -0.3 is 5.32 Å². The van der Waals surface area contributed by atoms with Gasteiger partial charge >= 0.3 is 0 Å².